The Bertz CT molecular complexity index is 624. The van der Waals surface area contributed by atoms with E-state index >= 15 is 0 Å². The fourth-order valence-corrected chi connectivity index (χ4v) is 2.60. The third-order valence-electron chi connectivity index (χ3n) is 3.47. The molecule has 0 saturated carbocycles. The third-order valence-corrected chi connectivity index (χ3v) is 3.47. The molecule has 0 bridgehead atoms. The zero-order valence-electron chi connectivity index (χ0n) is 10.8. The van der Waals surface area contributed by atoms with E-state index in [2.05, 4.69) is 6.07 Å². The number of rotatable bonds is 2. The summed E-state index contributed by atoms with van der Waals surface area (Å²) in [4.78, 5) is 0. The van der Waals surface area contributed by atoms with Gasteiger partial charge in [0.15, 0.2) is 0 Å². The maximum atomic E-state index is 14.0. The van der Waals surface area contributed by atoms with Crippen LogP contribution in [0.25, 0.3) is 11.1 Å². The van der Waals surface area contributed by atoms with E-state index in [1.54, 1.807) is 12.1 Å². The van der Waals surface area contributed by atoms with Gasteiger partial charge in [-0.1, -0.05) is 24.3 Å². The van der Waals surface area contributed by atoms with Crippen LogP contribution in [0.15, 0.2) is 36.4 Å². The molecule has 2 N–H and O–H groups in total. The predicted octanol–water partition coefficient (Wildman–Crippen LogP) is 3.06. The molecule has 1 aliphatic heterocycles. The van der Waals surface area contributed by atoms with Gasteiger partial charge >= 0.3 is 0 Å². The molecule has 2 nitrogen and oxygen atoms in total. The lowest BCUT2D eigenvalue weighted by Gasteiger charge is -2.12. The first kappa shape index (κ1) is 12.2. The topological polar surface area (TPSA) is 35.2 Å². The van der Waals surface area contributed by atoms with E-state index in [0.29, 0.717) is 12.1 Å². The smallest absolute Gasteiger partial charge is 0.131 e. The second-order valence-corrected chi connectivity index (χ2v) is 4.96. The van der Waals surface area contributed by atoms with Crippen molar-refractivity contribution in [1.82, 2.24) is 0 Å². The number of benzene rings is 2. The SMILES string of the molecule is Cc1cc2c(c(-c3ccccc3F)c1)O[C@H](CN)C2. The van der Waals surface area contributed by atoms with E-state index in [-0.39, 0.29) is 11.9 Å². The van der Waals surface area contributed by atoms with E-state index in [1.165, 1.54) is 6.07 Å². The molecule has 1 heterocycles. The predicted molar refractivity (Wildman–Crippen MR) is 73.7 cm³/mol. The van der Waals surface area contributed by atoms with Crippen molar-refractivity contribution in [3.8, 4) is 16.9 Å². The Hall–Kier alpha value is -1.87. The largest absolute Gasteiger partial charge is 0.488 e. The van der Waals surface area contributed by atoms with Gasteiger partial charge in [-0.05, 0) is 30.2 Å². The highest BCUT2D eigenvalue weighted by molar-refractivity contribution is 5.74. The zero-order valence-corrected chi connectivity index (χ0v) is 10.8. The van der Waals surface area contributed by atoms with Crippen LogP contribution in [0.1, 0.15) is 11.1 Å². The van der Waals surface area contributed by atoms with Crippen molar-refractivity contribution in [2.75, 3.05) is 6.54 Å². The van der Waals surface area contributed by atoms with Crippen molar-refractivity contribution in [3.63, 3.8) is 0 Å². The summed E-state index contributed by atoms with van der Waals surface area (Å²) in [6.07, 6.45) is 0.803. The van der Waals surface area contributed by atoms with Gasteiger partial charge in [-0.3, -0.25) is 0 Å². The molecule has 0 fully saturated rings. The zero-order chi connectivity index (χ0) is 13.4. The summed E-state index contributed by atoms with van der Waals surface area (Å²) in [5, 5.41) is 0. The van der Waals surface area contributed by atoms with Crippen LogP contribution in [0.5, 0.6) is 5.75 Å². The molecule has 0 saturated heterocycles. The maximum absolute atomic E-state index is 14.0. The number of hydrogen-bond acceptors (Lipinski definition) is 2. The first-order valence-corrected chi connectivity index (χ1v) is 6.44. The fraction of sp³-hybridized carbons (Fsp3) is 0.250. The van der Waals surface area contributed by atoms with E-state index in [0.717, 1.165) is 28.9 Å². The number of ether oxygens (including phenoxy) is 1. The second kappa shape index (κ2) is 4.67. The van der Waals surface area contributed by atoms with Gasteiger partial charge in [-0.15, -0.1) is 0 Å². The van der Waals surface area contributed by atoms with E-state index < -0.39 is 0 Å². The lowest BCUT2D eigenvalue weighted by molar-refractivity contribution is 0.242. The van der Waals surface area contributed by atoms with Gasteiger partial charge in [0.1, 0.15) is 17.7 Å². The third kappa shape index (κ3) is 2.10. The quantitative estimate of drug-likeness (QED) is 0.897. The summed E-state index contributed by atoms with van der Waals surface area (Å²) in [5.41, 5.74) is 9.31. The molecule has 0 aliphatic carbocycles. The average Bonchev–Trinajstić information content (AvgIpc) is 2.81. The molecule has 1 atom stereocenters. The standard InChI is InChI=1S/C16H16FNO/c1-10-6-11-8-12(9-18)19-16(11)14(7-10)13-4-2-3-5-15(13)17/h2-7,12H,8-9,18H2,1H3/t12-/m0/s1. The maximum Gasteiger partial charge on any atom is 0.131 e. The van der Waals surface area contributed by atoms with Crippen molar-refractivity contribution < 1.29 is 9.13 Å². The van der Waals surface area contributed by atoms with Gasteiger partial charge in [-0.25, -0.2) is 4.39 Å². The highest BCUT2D eigenvalue weighted by Gasteiger charge is 2.26. The molecule has 1 aliphatic rings. The summed E-state index contributed by atoms with van der Waals surface area (Å²) >= 11 is 0. The summed E-state index contributed by atoms with van der Waals surface area (Å²) < 4.78 is 19.8. The van der Waals surface area contributed by atoms with E-state index in [4.69, 9.17) is 10.5 Å². The highest BCUT2D eigenvalue weighted by Crippen LogP contribution is 2.40. The molecule has 0 spiro atoms. The van der Waals surface area contributed by atoms with Crippen molar-refractivity contribution in [2.45, 2.75) is 19.4 Å². The summed E-state index contributed by atoms with van der Waals surface area (Å²) in [6, 6.07) is 10.8. The van der Waals surface area contributed by atoms with Gasteiger partial charge in [0.2, 0.25) is 0 Å². The van der Waals surface area contributed by atoms with Crippen LogP contribution in [0.4, 0.5) is 4.39 Å². The van der Waals surface area contributed by atoms with Gasteiger partial charge in [0, 0.05) is 24.1 Å². The molecule has 0 radical (unpaired) electrons. The molecule has 2 aromatic carbocycles. The average molecular weight is 257 g/mol. The lowest BCUT2D eigenvalue weighted by atomic mass is 9.97. The molecule has 3 heteroatoms. The molecule has 0 unspecified atom stereocenters. The minimum absolute atomic E-state index is 0.00215. The normalized spacial score (nSPS) is 17.1. The van der Waals surface area contributed by atoms with Crippen LogP contribution in [0.3, 0.4) is 0 Å². The number of aryl methyl sites for hydroxylation is 1. The second-order valence-electron chi connectivity index (χ2n) is 4.96. The Morgan fingerprint density at radius 3 is 2.79 bits per heavy atom. The Morgan fingerprint density at radius 2 is 2.05 bits per heavy atom. The Labute approximate surface area is 112 Å². The first-order chi connectivity index (χ1) is 9.19. The number of hydrogen-bond donors (Lipinski definition) is 1. The number of halogens is 1. The fourth-order valence-electron chi connectivity index (χ4n) is 2.60. The number of fused-ring (bicyclic) bond motifs is 1. The highest BCUT2D eigenvalue weighted by atomic mass is 19.1. The Morgan fingerprint density at radius 1 is 1.26 bits per heavy atom. The summed E-state index contributed by atoms with van der Waals surface area (Å²) in [5.74, 6) is 0.557. The van der Waals surface area contributed by atoms with Crippen molar-refractivity contribution in [2.24, 2.45) is 5.73 Å². The first-order valence-electron chi connectivity index (χ1n) is 6.44. The van der Waals surface area contributed by atoms with Crippen LogP contribution in [0.2, 0.25) is 0 Å². The molecular formula is C16H16FNO. The van der Waals surface area contributed by atoms with Gasteiger partial charge in [0.25, 0.3) is 0 Å². The molecule has 19 heavy (non-hydrogen) atoms. The van der Waals surface area contributed by atoms with Gasteiger partial charge in [-0.2, -0.15) is 0 Å². The Balaban J connectivity index is 2.16. The molecule has 98 valence electrons. The Kier molecular flexibility index (Phi) is 2.99. The van der Waals surface area contributed by atoms with Crippen LogP contribution in [-0.4, -0.2) is 12.6 Å². The van der Waals surface area contributed by atoms with Gasteiger partial charge in [0.05, 0.1) is 0 Å². The lowest BCUT2D eigenvalue weighted by Crippen LogP contribution is -2.24. The molecule has 0 amide bonds. The van der Waals surface area contributed by atoms with Gasteiger partial charge < -0.3 is 10.5 Å². The molecular weight excluding hydrogens is 241 g/mol. The molecule has 3 rings (SSSR count). The van der Waals surface area contributed by atoms with Crippen molar-refractivity contribution >= 4 is 0 Å². The number of nitrogens with two attached hydrogens (primary N) is 1. The molecule has 0 aromatic heterocycles. The minimum Gasteiger partial charge on any atom is -0.488 e. The van der Waals surface area contributed by atoms with Crippen LogP contribution >= 0.6 is 0 Å². The van der Waals surface area contributed by atoms with Crippen LogP contribution in [0, 0.1) is 12.7 Å². The van der Waals surface area contributed by atoms with E-state index in [9.17, 15) is 4.39 Å². The van der Waals surface area contributed by atoms with Crippen LogP contribution in [-0.2, 0) is 6.42 Å². The monoisotopic (exact) mass is 257 g/mol. The summed E-state index contributed by atoms with van der Waals surface area (Å²) in [6.45, 7) is 2.49. The minimum atomic E-state index is -0.227. The van der Waals surface area contributed by atoms with Crippen molar-refractivity contribution in [3.05, 3.63) is 53.3 Å². The van der Waals surface area contributed by atoms with E-state index in [1.807, 2.05) is 19.1 Å². The summed E-state index contributed by atoms with van der Waals surface area (Å²) in [7, 11) is 0. The van der Waals surface area contributed by atoms with Crippen molar-refractivity contribution in [1.29, 1.82) is 0 Å². The van der Waals surface area contributed by atoms with Crippen LogP contribution < -0.4 is 10.5 Å². The molecule has 2 aromatic rings.